The summed E-state index contributed by atoms with van der Waals surface area (Å²) in [5.41, 5.74) is 0.748. The van der Waals surface area contributed by atoms with E-state index in [0.717, 1.165) is 11.1 Å². The molecule has 2 aromatic carbocycles. The SMILES string of the molecule is COc1cnc(Oc2ccc3ccccc3c2)nc1C. The Labute approximate surface area is 117 Å². The Morgan fingerprint density at radius 3 is 2.55 bits per heavy atom. The minimum atomic E-state index is 0.318. The van der Waals surface area contributed by atoms with E-state index >= 15 is 0 Å². The summed E-state index contributed by atoms with van der Waals surface area (Å²) in [6.45, 7) is 1.85. The lowest BCUT2D eigenvalue weighted by Crippen LogP contribution is -1.96. The van der Waals surface area contributed by atoms with Crippen LogP contribution >= 0.6 is 0 Å². The van der Waals surface area contributed by atoms with Crippen molar-refractivity contribution in [2.45, 2.75) is 6.92 Å². The molecule has 0 unspecified atom stereocenters. The van der Waals surface area contributed by atoms with E-state index in [0.29, 0.717) is 17.5 Å². The molecular formula is C16H14N2O2. The van der Waals surface area contributed by atoms with Crippen LogP contribution in [0, 0.1) is 6.92 Å². The van der Waals surface area contributed by atoms with E-state index in [-0.39, 0.29) is 0 Å². The van der Waals surface area contributed by atoms with Crippen molar-refractivity contribution in [2.24, 2.45) is 0 Å². The lowest BCUT2D eigenvalue weighted by Gasteiger charge is -2.07. The van der Waals surface area contributed by atoms with Gasteiger partial charge in [-0.2, -0.15) is 9.97 Å². The summed E-state index contributed by atoms with van der Waals surface area (Å²) >= 11 is 0. The number of nitrogens with zero attached hydrogens (tertiary/aromatic N) is 2. The first kappa shape index (κ1) is 12.4. The Morgan fingerprint density at radius 1 is 1.00 bits per heavy atom. The molecule has 0 atom stereocenters. The lowest BCUT2D eigenvalue weighted by atomic mass is 10.1. The predicted molar refractivity (Wildman–Crippen MR) is 77.3 cm³/mol. The Bertz CT molecular complexity index is 756. The molecule has 1 heterocycles. The van der Waals surface area contributed by atoms with Crippen molar-refractivity contribution in [1.29, 1.82) is 0 Å². The first-order chi connectivity index (χ1) is 9.76. The topological polar surface area (TPSA) is 44.2 Å². The Hall–Kier alpha value is -2.62. The molecule has 20 heavy (non-hydrogen) atoms. The molecule has 0 bridgehead atoms. The van der Waals surface area contributed by atoms with E-state index in [1.54, 1.807) is 13.3 Å². The van der Waals surface area contributed by atoms with Crippen molar-refractivity contribution < 1.29 is 9.47 Å². The maximum absolute atomic E-state index is 5.69. The standard InChI is InChI=1S/C16H14N2O2/c1-11-15(19-2)10-17-16(18-11)20-14-8-7-12-5-3-4-6-13(12)9-14/h3-10H,1-2H3. The van der Waals surface area contributed by atoms with E-state index in [2.05, 4.69) is 16.0 Å². The molecule has 1 aromatic heterocycles. The van der Waals surface area contributed by atoms with Gasteiger partial charge < -0.3 is 9.47 Å². The summed E-state index contributed by atoms with van der Waals surface area (Å²) in [5, 5.41) is 2.29. The average Bonchev–Trinajstić information content (AvgIpc) is 2.47. The molecule has 3 aromatic rings. The number of rotatable bonds is 3. The molecule has 0 amide bonds. The molecule has 4 heteroatoms. The second-order valence-electron chi connectivity index (χ2n) is 4.42. The number of benzene rings is 2. The first-order valence-electron chi connectivity index (χ1n) is 6.30. The Kier molecular flexibility index (Phi) is 3.21. The maximum atomic E-state index is 5.69. The molecule has 0 N–H and O–H groups in total. The number of hydrogen-bond acceptors (Lipinski definition) is 4. The van der Waals surface area contributed by atoms with Gasteiger partial charge in [0.1, 0.15) is 5.75 Å². The average molecular weight is 266 g/mol. The molecule has 0 fully saturated rings. The van der Waals surface area contributed by atoms with E-state index in [9.17, 15) is 0 Å². The fourth-order valence-electron chi connectivity index (χ4n) is 2.02. The zero-order valence-corrected chi connectivity index (χ0v) is 11.3. The zero-order chi connectivity index (χ0) is 13.9. The first-order valence-corrected chi connectivity index (χ1v) is 6.30. The summed E-state index contributed by atoms with van der Waals surface area (Å²) < 4.78 is 10.8. The third-order valence-corrected chi connectivity index (χ3v) is 3.06. The normalized spacial score (nSPS) is 10.5. The van der Waals surface area contributed by atoms with Crippen molar-refractivity contribution in [3.63, 3.8) is 0 Å². The highest BCUT2D eigenvalue weighted by Crippen LogP contribution is 2.25. The molecule has 0 spiro atoms. The largest absolute Gasteiger partial charge is 0.493 e. The fourth-order valence-corrected chi connectivity index (χ4v) is 2.02. The van der Waals surface area contributed by atoms with Gasteiger partial charge in [-0.25, -0.2) is 0 Å². The fraction of sp³-hybridized carbons (Fsp3) is 0.125. The third kappa shape index (κ3) is 2.40. The van der Waals surface area contributed by atoms with E-state index in [4.69, 9.17) is 9.47 Å². The van der Waals surface area contributed by atoms with Crippen LogP contribution in [0.2, 0.25) is 0 Å². The molecule has 0 aliphatic rings. The number of methoxy groups -OCH3 is 1. The number of aromatic nitrogens is 2. The van der Waals surface area contributed by atoms with Crippen molar-refractivity contribution in [3.8, 4) is 17.5 Å². The van der Waals surface area contributed by atoms with Gasteiger partial charge in [0, 0.05) is 0 Å². The van der Waals surface area contributed by atoms with Crippen LogP contribution < -0.4 is 9.47 Å². The second kappa shape index (κ2) is 5.17. The highest BCUT2D eigenvalue weighted by molar-refractivity contribution is 5.83. The Balaban J connectivity index is 1.90. The van der Waals surface area contributed by atoms with Crippen LogP contribution in [0.4, 0.5) is 0 Å². The van der Waals surface area contributed by atoms with Gasteiger partial charge >= 0.3 is 6.01 Å². The van der Waals surface area contributed by atoms with Gasteiger partial charge in [-0.1, -0.05) is 30.3 Å². The zero-order valence-electron chi connectivity index (χ0n) is 11.3. The van der Waals surface area contributed by atoms with Gasteiger partial charge in [0.2, 0.25) is 0 Å². The van der Waals surface area contributed by atoms with E-state index in [1.807, 2.05) is 43.3 Å². The molecule has 0 saturated heterocycles. The van der Waals surface area contributed by atoms with Gasteiger partial charge in [-0.05, 0) is 29.8 Å². The molecule has 4 nitrogen and oxygen atoms in total. The van der Waals surface area contributed by atoms with Gasteiger partial charge in [-0.3, -0.25) is 0 Å². The smallest absolute Gasteiger partial charge is 0.322 e. The molecule has 0 saturated carbocycles. The number of ether oxygens (including phenoxy) is 2. The van der Waals surface area contributed by atoms with Crippen molar-refractivity contribution in [1.82, 2.24) is 9.97 Å². The van der Waals surface area contributed by atoms with Gasteiger partial charge in [-0.15, -0.1) is 0 Å². The highest BCUT2D eigenvalue weighted by atomic mass is 16.5. The molecule has 100 valence electrons. The number of fused-ring (bicyclic) bond motifs is 1. The van der Waals surface area contributed by atoms with Crippen molar-refractivity contribution >= 4 is 10.8 Å². The summed E-state index contributed by atoms with van der Waals surface area (Å²) in [4.78, 5) is 8.39. The van der Waals surface area contributed by atoms with Gasteiger partial charge in [0.25, 0.3) is 0 Å². The van der Waals surface area contributed by atoms with Crippen LogP contribution in [-0.2, 0) is 0 Å². The monoisotopic (exact) mass is 266 g/mol. The van der Waals surface area contributed by atoms with Crippen LogP contribution in [0.25, 0.3) is 10.8 Å². The molecule has 0 radical (unpaired) electrons. The minimum absolute atomic E-state index is 0.318. The summed E-state index contributed by atoms with van der Waals surface area (Å²) in [6.07, 6.45) is 1.61. The van der Waals surface area contributed by atoms with Crippen LogP contribution in [0.5, 0.6) is 17.5 Å². The quantitative estimate of drug-likeness (QED) is 0.724. The summed E-state index contributed by atoms with van der Waals surface area (Å²) in [6, 6.07) is 14.3. The van der Waals surface area contributed by atoms with Crippen LogP contribution in [-0.4, -0.2) is 17.1 Å². The molecule has 0 aliphatic heterocycles. The van der Waals surface area contributed by atoms with Crippen molar-refractivity contribution in [2.75, 3.05) is 7.11 Å². The third-order valence-electron chi connectivity index (χ3n) is 3.06. The van der Waals surface area contributed by atoms with Gasteiger partial charge in [0.15, 0.2) is 5.75 Å². The van der Waals surface area contributed by atoms with E-state index in [1.165, 1.54) is 5.39 Å². The second-order valence-corrected chi connectivity index (χ2v) is 4.42. The van der Waals surface area contributed by atoms with Crippen LogP contribution in [0.15, 0.2) is 48.7 Å². The van der Waals surface area contributed by atoms with E-state index < -0.39 is 0 Å². The number of hydrogen-bond donors (Lipinski definition) is 0. The highest BCUT2D eigenvalue weighted by Gasteiger charge is 2.05. The maximum Gasteiger partial charge on any atom is 0.322 e. The number of aryl methyl sites for hydroxylation is 1. The van der Waals surface area contributed by atoms with Crippen LogP contribution in [0.3, 0.4) is 0 Å². The lowest BCUT2D eigenvalue weighted by molar-refractivity contribution is 0.395. The van der Waals surface area contributed by atoms with Crippen molar-refractivity contribution in [3.05, 3.63) is 54.4 Å². The Morgan fingerprint density at radius 2 is 1.80 bits per heavy atom. The molecule has 3 rings (SSSR count). The molecular weight excluding hydrogens is 252 g/mol. The predicted octanol–water partition coefficient (Wildman–Crippen LogP) is 3.74. The van der Waals surface area contributed by atoms with Crippen LogP contribution in [0.1, 0.15) is 5.69 Å². The summed E-state index contributed by atoms with van der Waals surface area (Å²) in [7, 11) is 1.59. The minimum Gasteiger partial charge on any atom is -0.493 e. The molecule has 0 aliphatic carbocycles. The summed E-state index contributed by atoms with van der Waals surface area (Å²) in [5.74, 6) is 1.36. The van der Waals surface area contributed by atoms with Gasteiger partial charge in [0.05, 0.1) is 19.0 Å².